The molecule has 1 aromatic carbocycles. The summed E-state index contributed by atoms with van der Waals surface area (Å²) in [5.74, 6) is -0.678. The Balaban J connectivity index is 2.96. The van der Waals surface area contributed by atoms with E-state index in [0.717, 1.165) is 0 Å². The molecule has 0 saturated heterocycles. The standard InChI is InChI=1S/C15H20N2O4/c1-15(2,3)21-14(19)17-12(13(18)20-4)9-10-6-5-7-11(16)8-10/h5-9H,16H2,1-4H3,(H,17,19). The third-order valence-corrected chi connectivity index (χ3v) is 2.26. The van der Waals surface area contributed by atoms with Crippen molar-refractivity contribution in [2.45, 2.75) is 26.4 Å². The highest BCUT2D eigenvalue weighted by atomic mass is 16.6. The predicted octanol–water partition coefficient (Wildman–Crippen LogP) is 2.31. The summed E-state index contributed by atoms with van der Waals surface area (Å²) in [6.07, 6.45) is 0.731. The van der Waals surface area contributed by atoms with Gasteiger partial charge in [-0.2, -0.15) is 0 Å². The summed E-state index contributed by atoms with van der Waals surface area (Å²) in [7, 11) is 1.23. The monoisotopic (exact) mass is 292 g/mol. The predicted molar refractivity (Wildman–Crippen MR) is 80.2 cm³/mol. The fourth-order valence-electron chi connectivity index (χ4n) is 1.49. The van der Waals surface area contributed by atoms with Gasteiger partial charge < -0.3 is 15.2 Å². The zero-order valence-electron chi connectivity index (χ0n) is 12.6. The minimum atomic E-state index is -0.733. The van der Waals surface area contributed by atoms with Crippen LogP contribution in [0.2, 0.25) is 0 Å². The number of nitrogens with two attached hydrogens (primary N) is 1. The second-order valence-electron chi connectivity index (χ2n) is 5.35. The normalized spacial score (nSPS) is 11.7. The largest absolute Gasteiger partial charge is 0.464 e. The van der Waals surface area contributed by atoms with Crippen molar-refractivity contribution < 1.29 is 19.1 Å². The number of rotatable bonds is 3. The third kappa shape index (κ3) is 5.99. The second-order valence-corrected chi connectivity index (χ2v) is 5.35. The average molecular weight is 292 g/mol. The van der Waals surface area contributed by atoms with E-state index in [2.05, 4.69) is 10.1 Å². The average Bonchev–Trinajstić information content (AvgIpc) is 2.34. The lowest BCUT2D eigenvalue weighted by Gasteiger charge is -2.20. The van der Waals surface area contributed by atoms with Crippen molar-refractivity contribution >= 4 is 23.8 Å². The molecule has 0 aliphatic heterocycles. The van der Waals surface area contributed by atoms with E-state index in [4.69, 9.17) is 10.5 Å². The minimum Gasteiger partial charge on any atom is -0.464 e. The quantitative estimate of drug-likeness (QED) is 0.507. The van der Waals surface area contributed by atoms with Crippen LogP contribution in [0, 0.1) is 0 Å². The minimum absolute atomic E-state index is 0.0302. The maximum Gasteiger partial charge on any atom is 0.412 e. The highest BCUT2D eigenvalue weighted by molar-refractivity contribution is 5.96. The number of benzene rings is 1. The lowest BCUT2D eigenvalue weighted by molar-refractivity contribution is -0.136. The van der Waals surface area contributed by atoms with Gasteiger partial charge in [0.15, 0.2) is 0 Å². The molecule has 0 radical (unpaired) electrons. The molecule has 0 aliphatic carbocycles. The molecule has 0 aromatic heterocycles. The SMILES string of the molecule is COC(=O)C(=Cc1cccc(N)c1)NC(=O)OC(C)(C)C. The molecule has 1 rings (SSSR count). The zero-order valence-corrected chi connectivity index (χ0v) is 12.6. The first-order chi connectivity index (χ1) is 9.71. The number of hydrogen-bond acceptors (Lipinski definition) is 5. The molecule has 0 atom stereocenters. The molecule has 1 aromatic rings. The summed E-state index contributed by atoms with van der Waals surface area (Å²) >= 11 is 0. The summed E-state index contributed by atoms with van der Waals surface area (Å²) in [6, 6.07) is 6.87. The lowest BCUT2D eigenvalue weighted by atomic mass is 10.1. The Labute approximate surface area is 123 Å². The van der Waals surface area contributed by atoms with E-state index >= 15 is 0 Å². The van der Waals surface area contributed by atoms with Crippen molar-refractivity contribution in [3.63, 3.8) is 0 Å². The van der Waals surface area contributed by atoms with Crippen LogP contribution in [0.1, 0.15) is 26.3 Å². The number of alkyl carbamates (subject to hydrolysis) is 1. The van der Waals surface area contributed by atoms with Crippen LogP contribution in [0.3, 0.4) is 0 Å². The number of nitrogen functional groups attached to an aromatic ring is 1. The number of nitrogens with one attached hydrogen (secondary N) is 1. The Morgan fingerprint density at radius 2 is 1.95 bits per heavy atom. The number of esters is 1. The molecule has 21 heavy (non-hydrogen) atoms. The van der Waals surface area contributed by atoms with Gasteiger partial charge in [-0.15, -0.1) is 0 Å². The second kappa shape index (κ2) is 6.78. The molecule has 0 aliphatic rings. The molecule has 0 heterocycles. The zero-order chi connectivity index (χ0) is 16.0. The van der Waals surface area contributed by atoms with Crippen LogP contribution in [0.5, 0.6) is 0 Å². The van der Waals surface area contributed by atoms with Crippen LogP contribution in [0.25, 0.3) is 6.08 Å². The van der Waals surface area contributed by atoms with Crippen LogP contribution in [-0.4, -0.2) is 24.8 Å². The fourth-order valence-corrected chi connectivity index (χ4v) is 1.49. The van der Waals surface area contributed by atoms with Gasteiger partial charge in [-0.25, -0.2) is 9.59 Å². The van der Waals surface area contributed by atoms with Crippen molar-refractivity contribution in [2.24, 2.45) is 0 Å². The van der Waals surface area contributed by atoms with Crippen LogP contribution < -0.4 is 11.1 Å². The van der Waals surface area contributed by atoms with Gasteiger partial charge in [-0.1, -0.05) is 12.1 Å². The molecule has 6 heteroatoms. The Morgan fingerprint density at radius 1 is 1.29 bits per heavy atom. The summed E-state index contributed by atoms with van der Waals surface area (Å²) in [5.41, 5.74) is 6.18. The fraction of sp³-hybridized carbons (Fsp3) is 0.333. The first kappa shape index (κ1) is 16.6. The molecule has 114 valence electrons. The van der Waals surface area contributed by atoms with Gasteiger partial charge in [-0.3, -0.25) is 5.32 Å². The van der Waals surface area contributed by atoms with Crippen LogP contribution in [-0.2, 0) is 14.3 Å². The van der Waals surface area contributed by atoms with Crippen molar-refractivity contribution in [1.29, 1.82) is 0 Å². The lowest BCUT2D eigenvalue weighted by Crippen LogP contribution is -2.34. The summed E-state index contributed by atoms with van der Waals surface area (Å²) in [5, 5.41) is 2.38. The summed E-state index contributed by atoms with van der Waals surface area (Å²) in [4.78, 5) is 23.5. The van der Waals surface area contributed by atoms with E-state index in [1.165, 1.54) is 13.2 Å². The number of carbonyl (C=O) groups is 2. The Bertz CT molecular complexity index is 559. The van der Waals surface area contributed by atoms with Gasteiger partial charge in [0.2, 0.25) is 0 Å². The van der Waals surface area contributed by atoms with Crippen LogP contribution in [0.15, 0.2) is 30.0 Å². The van der Waals surface area contributed by atoms with Crippen molar-refractivity contribution in [2.75, 3.05) is 12.8 Å². The molecule has 0 bridgehead atoms. The summed E-state index contributed by atoms with van der Waals surface area (Å²) < 4.78 is 9.74. The number of hydrogen-bond donors (Lipinski definition) is 2. The molecule has 0 fully saturated rings. The van der Waals surface area contributed by atoms with E-state index in [1.807, 2.05) is 0 Å². The smallest absolute Gasteiger partial charge is 0.412 e. The van der Waals surface area contributed by atoms with Crippen LogP contribution in [0.4, 0.5) is 10.5 Å². The highest BCUT2D eigenvalue weighted by Crippen LogP contribution is 2.12. The Hall–Kier alpha value is -2.50. The maximum atomic E-state index is 11.7. The number of ether oxygens (including phenoxy) is 2. The molecule has 1 amide bonds. The van der Waals surface area contributed by atoms with Crippen molar-refractivity contribution in [1.82, 2.24) is 5.32 Å². The molecule has 6 nitrogen and oxygen atoms in total. The van der Waals surface area contributed by atoms with E-state index in [1.54, 1.807) is 45.0 Å². The molecular formula is C15H20N2O4. The topological polar surface area (TPSA) is 90.6 Å². The van der Waals surface area contributed by atoms with E-state index in [0.29, 0.717) is 11.3 Å². The number of amides is 1. The van der Waals surface area contributed by atoms with Crippen LogP contribution >= 0.6 is 0 Å². The van der Waals surface area contributed by atoms with E-state index < -0.39 is 17.7 Å². The summed E-state index contributed by atoms with van der Waals surface area (Å²) in [6.45, 7) is 5.18. The van der Waals surface area contributed by atoms with Gasteiger partial charge in [0.05, 0.1) is 7.11 Å². The third-order valence-electron chi connectivity index (χ3n) is 2.26. The molecule has 0 unspecified atom stereocenters. The van der Waals surface area contributed by atoms with Gasteiger partial charge in [0.25, 0.3) is 0 Å². The van der Waals surface area contributed by atoms with Gasteiger partial charge >= 0.3 is 12.1 Å². The first-order valence-electron chi connectivity index (χ1n) is 6.37. The first-order valence-corrected chi connectivity index (χ1v) is 6.37. The highest BCUT2D eigenvalue weighted by Gasteiger charge is 2.20. The van der Waals surface area contributed by atoms with E-state index in [9.17, 15) is 9.59 Å². The molecular weight excluding hydrogens is 272 g/mol. The Kier molecular flexibility index (Phi) is 5.35. The number of methoxy groups -OCH3 is 1. The van der Waals surface area contributed by atoms with E-state index in [-0.39, 0.29) is 5.70 Å². The number of anilines is 1. The van der Waals surface area contributed by atoms with Gasteiger partial charge in [0, 0.05) is 5.69 Å². The Morgan fingerprint density at radius 3 is 2.48 bits per heavy atom. The molecule has 0 spiro atoms. The van der Waals surface area contributed by atoms with Crippen molar-refractivity contribution in [3.8, 4) is 0 Å². The molecule has 3 N–H and O–H groups in total. The van der Waals surface area contributed by atoms with Crippen molar-refractivity contribution in [3.05, 3.63) is 35.5 Å². The maximum absolute atomic E-state index is 11.7. The molecule has 0 saturated carbocycles. The number of carbonyl (C=O) groups excluding carboxylic acids is 2. The van der Waals surface area contributed by atoms with Gasteiger partial charge in [0.1, 0.15) is 11.3 Å². The van der Waals surface area contributed by atoms with Gasteiger partial charge in [-0.05, 0) is 44.5 Å².